The number of hydrogen-bond donors (Lipinski definition) is 5. The number of anilines is 1. The maximum Gasteiger partial charge on any atom is 0.326 e. The highest BCUT2D eigenvalue weighted by atomic mass is 16.4. The van der Waals surface area contributed by atoms with Gasteiger partial charge in [-0.15, -0.1) is 0 Å². The number of aliphatic carboxylic acids is 2. The van der Waals surface area contributed by atoms with Gasteiger partial charge < -0.3 is 26.6 Å². The smallest absolute Gasteiger partial charge is 0.326 e. The fourth-order valence-electron chi connectivity index (χ4n) is 4.00. The summed E-state index contributed by atoms with van der Waals surface area (Å²) in [5.74, 6) is -2.12. The van der Waals surface area contributed by atoms with E-state index in [4.69, 9.17) is 5.73 Å². The van der Waals surface area contributed by atoms with Crippen molar-refractivity contribution in [3.8, 4) is 11.1 Å². The van der Waals surface area contributed by atoms with Gasteiger partial charge in [0.2, 0.25) is 0 Å². The standard InChI is InChI=1S/C27H37N3O5/c1-15(2)10-23(26(32)33)29-20-8-6-17(5)22(13-20)18-7-9-21(19(12-18)14-28)25(31)30-24(27(34)35)11-16(3)4/h6-9,12-13,15-16,23-24,29H,10-11,14,28H2,1-5H3,(H,30,31)(H,32,33)(H,34,35). The van der Waals surface area contributed by atoms with Crippen molar-refractivity contribution in [2.75, 3.05) is 5.32 Å². The Labute approximate surface area is 206 Å². The quantitative estimate of drug-likeness (QED) is 0.304. The highest BCUT2D eigenvalue weighted by Crippen LogP contribution is 2.29. The van der Waals surface area contributed by atoms with E-state index in [1.54, 1.807) is 12.1 Å². The molecule has 2 unspecified atom stereocenters. The van der Waals surface area contributed by atoms with Gasteiger partial charge in [0.25, 0.3) is 5.91 Å². The molecule has 190 valence electrons. The van der Waals surface area contributed by atoms with Crippen LogP contribution in [0.15, 0.2) is 36.4 Å². The topological polar surface area (TPSA) is 142 Å². The fourth-order valence-corrected chi connectivity index (χ4v) is 4.00. The van der Waals surface area contributed by atoms with Crippen molar-refractivity contribution in [2.24, 2.45) is 17.6 Å². The Morgan fingerprint density at radius 2 is 1.49 bits per heavy atom. The molecule has 2 rings (SSSR count). The molecule has 6 N–H and O–H groups in total. The van der Waals surface area contributed by atoms with E-state index >= 15 is 0 Å². The average Bonchev–Trinajstić information content (AvgIpc) is 2.78. The predicted octanol–water partition coefficient (Wildman–Crippen LogP) is 4.26. The Kier molecular flexibility index (Phi) is 9.83. The minimum atomic E-state index is -1.07. The molecule has 35 heavy (non-hydrogen) atoms. The molecule has 2 aromatic carbocycles. The summed E-state index contributed by atoms with van der Waals surface area (Å²) in [7, 11) is 0. The zero-order valence-electron chi connectivity index (χ0n) is 21.1. The summed E-state index contributed by atoms with van der Waals surface area (Å²) in [6.07, 6.45) is 0.818. The van der Waals surface area contributed by atoms with E-state index in [0.717, 1.165) is 16.7 Å². The lowest BCUT2D eigenvalue weighted by molar-refractivity contribution is -0.140. The van der Waals surface area contributed by atoms with Gasteiger partial charge in [0, 0.05) is 17.8 Å². The van der Waals surface area contributed by atoms with Crippen LogP contribution in [0, 0.1) is 18.8 Å². The minimum absolute atomic E-state index is 0.102. The zero-order valence-corrected chi connectivity index (χ0v) is 21.1. The van der Waals surface area contributed by atoms with E-state index in [1.807, 2.05) is 58.9 Å². The Morgan fingerprint density at radius 1 is 0.886 bits per heavy atom. The molecule has 2 atom stereocenters. The van der Waals surface area contributed by atoms with E-state index in [-0.39, 0.29) is 18.4 Å². The first-order valence-corrected chi connectivity index (χ1v) is 11.9. The van der Waals surface area contributed by atoms with E-state index in [9.17, 15) is 24.6 Å². The van der Waals surface area contributed by atoms with Crippen LogP contribution in [0.3, 0.4) is 0 Å². The molecular formula is C27H37N3O5. The number of aryl methyl sites for hydroxylation is 1. The Hall–Kier alpha value is -3.39. The van der Waals surface area contributed by atoms with Gasteiger partial charge in [-0.3, -0.25) is 4.79 Å². The third-order valence-corrected chi connectivity index (χ3v) is 5.77. The summed E-state index contributed by atoms with van der Waals surface area (Å²) >= 11 is 0. The molecule has 0 aliphatic carbocycles. The summed E-state index contributed by atoms with van der Waals surface area (Å²) in [5, 5.41) is 24.7. The molecule has 0 spiro atoms. The molecule has 0 aliphatic rings. The second kappa shape index (κ2) is 12.4. The largest absolute Gasteiger partial charge is 0.480 e. The number of carboxylic acids is 2. The summed E-state index contributed by atoms with van der Waals surface area (Å²) in [4.78, 5) is 36.1. The van der Waals surface area contributed by atoms with Crippen molar-refractivity contribution in [3.05, 3.63) is 53.1 Å². The van der Waals surface area contributed by atoms with Crippen LogP contribution in [0.1, 0.15) is 62.0 Å². The fraction of sp³-hybridized carbons (Fsp3) is 0.444. The van der Waals surface area contributed by atoms with Crippen molar-refractivity contribution in [1.82, 2.24) is 5.32 Å². The molecule has 2 aromatic rings. The van der Waals surface area contributed by atoms with Gasteiger partial charge in [-0.1, -0.05) is 39.8 Å². The van der Waals surface area contributed by atoms with Gasteiger partial charge in [0.05, 0.1) is 0 Å². The van der Waals surface area contributed by atoms with Crippen LogP contribution in [0.4, 0.5) is 5.69 Å². The van der Waals surface area contributed by atoms with Crippen LogP contribution < -0.4 is 16.4 Å². The zero-order chi connectivity index (χ0) is 26.3. The van der Waals surface area contributed by atoms with Crippen molar-refractivity contribution in [2.45, 2.75) is 66.1 Å². The molecule has 1 amide bonds. The number of nitrogens with two attached hydrogens (primary N) is 1. The molecule has 8 nitrogen and oxygen atoms in total. The number of nitrogens with one attached hydrogen (secondary N) is 2. The van der Waals surface area contributed by atoms with Gasteiger partial charge in [-0.2, -0.15) is 0 Å². The normalized spacial score (nSPS) is 12.9. The molecule has 0 radical (unpaired) electrons. The SMILES string of the molecule is Cc1ccc(NC(CC(C)C)C(=O)O)cc1-c1ccc(C(=O)NC(CC(C)C)C(=O)O)c(CN)c1. The first-order chi connectivity index (χ1) is 16.4. The summed E-state index contributed by atoms with van der Waals surface area (Å²) in [6.45, 7) is 9.81. The minimum Gasteiger partial charge on any atom is -0.480 e. The number of amides is 1. The molecule has 0 aromatic heterocycles. The van der Waals surface area contributed by atoms with E-state index in [1.165, 1.54) is 0 Å². The first kappa shape index (κ1) is 27.9. The molecule has 8 heteroatoms. The molecule has 0 saturated carbocycles. The Balaban J connectivity index is 2.35. The van der Waals surface area contributed by atoms with Gasteiger partial charge in [0.15, 0.2) is 0 Å². The molecule has 0 saturated heterocycles. The van der Waals surface area contributed by atoms with Crippen molar-refractivity contribution >= 4 is 23.5 Å². The molecule has 0 fully saturated rings. The van der Waals surface area contributed by atoms with Crippen LogP contribution in [-0.4, -0.2) is 40.1 Å². The lowest BCUT2D eigenvalue weighted by atomic mass is 9.94. The number of rotatable bonds is 12. The molecule has 0 heterocycles. The number of hydrogen-bond acceptors (Lipinski definition) is 5. The van der Waals surface area contributed by atoms with E-state index in [2.05, 4.69) is 10.6 Å². The number of carbonyl (C=O) groups excluding carboxylic acids is 1. The second-order valence-corrected chi connectivity index (χ2v) is 9.76. The Morgan fingerprint density at radius 3 is 2.03 bits per heavy atom. The highest BCUT2D eigenvalue weighted by molar-refractivity contribution is 5.98. The van der Waals surface area contributed by atoms with Gasteiger partial charge in [0.1, 0.15) is 12.1 Å². The third kappa shape index (κ3) is 7.82. The summed E-state index contributed by atoms with van der Waals surface area (Å²) in [6, 6.07) is 9.24. The monoisotopic (exact) mass is 483 g/mol. The van der Waals surface area contributed by atoms with E-state index in [0.29, 0.717) is 29.7 Å². The van der Waals surface area contributed by atoms with Crippen LogP contribution in [0.5, 0.6) is 0 Å². The van der Waals surface area contributed by atoms with Crippen LogP contribution in [-0.2, 0) is 16.1 Å². The third-order valence-electron chi connectivity index (χ3n) is 5.77. The number of carbonyl (C=O) groups is 3. The van der Waals surface area contributed by atoms with E-state index < -0.39 is 29.9 Å². The molecular weight excluding hydrogens is 446 g/mol. The van der Waals surface area contributed by atoms with Crippen LogP contribution in [0.2, 0.25) is 0 Å². The summed E-state index contributed by atoms with van der Waals surface area (Å²) in [5.41, 5.74) is 10.3. The van der Waals surface area contributed by atoms with Gasteiger partial charge >= 0.3 is 11.9 Å². The van der Waals surface area contributed by atoms with Crippen LogP contribution >= 0.6 is 0 Å². The predicted molar refractivity (Wildman–Crippen MR) is 137 cm³/mol. The van der Waals surface area contributed by atoms with Gasteiger partial charge in [-0.05, 0) is 78.1 Å². The molecule has 0 aliphatic heterocycles. The molecule has 0 bridgehead atoms. The summed E-state index contributed by atoms with van der Waals surface area (Å²) < 4.78 is 0. The number of benzene rings is 2. The lowest BCUT2D eigenvalue weighted by Crippen LogP contribution is -2.42. The lowest BCUT2D eigenvalue weighted by Gasteiger charge is -2.20. The average molecular weight is 484 g/mol. The second-order valence-electron chi connectivity index (χ2n) is 9.76. The first-order valence-electron chi connectivity index (χ1n) is 11.9. The maximum absolute atomic E-state index is 12.9. The highest BCUT2D eigenvalue weighted by Gasteiger charge is 2.23. The maximum atomic E-state index is 12.9. The van der Waals surface area contributed by atoms with Crippen molar-refractivity contribution < 1.29 is 24.6 Å². The number of carboxylic acid groups (broad SMARTS) is 2. The van der Waals surface area contributed by atoms with Gasteiger partial charge in [-0.25, -0.2) is 9.59 Å². The van der Waals surface area contributed by atoms with Crippen molar-refractivity contribution in [3.63, 3.8) is 0 Å². The van der Waals surface area contributed by atoms with Crippen molar-refractivity contribution in [1.29, 1.82) is 0 Å². The van der Waals surface area contributed by atoms with Crippen LogP contribution in [0.25, 0.3) is 11.1 Å². The Bertz CT molecular complexity index is 1060.